The zero-order chi connectivity index (χ0) is 43.6. The molecule has 2 aromatic carbocycles. The maximum Gasteiger partial charge on any atom is 0.256 e. The number of nitrogens with zero attached hydrogens (tertiary/aromatic N) is 1. The van der Waals surface area contributed by atoms with Gasteiger partial charge >= 0.3 is 0 Å². The summed E-state index contributed by atoms with van der Waals surface area (Å²) < 4.78 is 7.75. The maximum absolute atomic E-state index is 13.8. The average Bonchev–Trinajstić information content (AvgIpc) is 3.19. The minimum atomic E-state index is -1.29. The molecule has 0 fully saturated rings. The molecule has 12 N–H and O–H groups in total. The molecule has 0 saturated heterocycles. The van der Waals surface area contributed by atoms with E-state index in [1.54, 1.807) is 0 Å². The van der Waals surface area contributed by atoms with Crippen molar-refractivity contribution >= 4 is 148 Å². The first kappa shape index (κ1) is 51.3. The van der Waals surface area contributed by atoms with E-state index in [-0.39, 0.29) is 93.5 Å². The molecular formula is C34H42I5N5O14. The predicted octanol–water partition coefficient (Wildman–Crippen LogP) is -1.21. The molecule has 2 aromatic rings. The van der Waals surface area contributed by atoms with Crippen molar-refractivity contribution in [3.8, 4) is 5.75 Å². The second-order valence-electron chi connectivity index (χ2n) is 12.8. The molecule has 5 unspecified atom stereocenters. The normalized spacial score (nSPS) is 15.6. The van der Waals surface area contributed by atoms with Crippen LogP contribution in [-0.2, 0) is 11.2 Å². The minimum absolute atomic E-state index is 0.0267. The number of halogens is 5. The third-order valence-corrected chi connectivity index (χ3v) is 13.9. The molecular weight excluding hydrogens is 1340 g/mol. The highest BCUT2D eigenvalue weighted by Crippen LogP contribution is 2.42. The first-order valence-corrected chi connectivity index (χ1v) is 22.7. The molecule has 24 heteroatoms. The van der Waals surface area contributed by atoms with Crippen LogP contribution in [0.1, 0.15) is 60.3 Å². The summed E-state index contributed by atoms with van der Waals surface area (Å²) >= 11 is 9.33. The van der Waals surface area contributed by atoms with Crippen molar-refractivity contribution in [1.82, 2.24) is 21.3 Å². The van der Waals surface area contributed by atoms with Crippen molar-refractivity contribution in [1.29, 1.82) is 0 Å². The summed E-state index contributed by atoms with van der Waals surface area (Å²) in [5, 5.41) is 86.9. The second kappa shape index (κ2) is 23.9. The average molecular weight is 1380 g/mol. The van der Waals surface area contributed by atoms with Gasteiger partial charge < -0.3 is 71.8 Å². The molecule has 0 aromatic heterocycles. The van der Waals surface area contributed by atoms with Crippen molar-refractivity contribution in [2.45, 2.75) is 50.3 Å². The van der Waals surface area contributed by atoms with Gasteiger partial charge in [-0.05, 0) is 126 Å². The van der Waals surface area contributed by atoms with Gasteiger partial charge in [-0.15, -0.1) is 0 Å². The molecule has 322 valence electrons. The van der Waals surface area contributed by atoms with Crippen LogP contribution in [-0.4, -0.2) is 160 Å². The highest BCUT2D eigenvalue weighted by Gasteiger charge is 2.37. The van der Waals surface area contributed by atoms with E-state index >= 15 is 0 Å². The Morgan fingerprint density at radius 3 is 1.31 bits per heavy atom. The van der Waals surface area contributed by atoms with E-state index in [1.807, 2.05) is 113 Å². The molecule has 1 aliphatic heterocycles. The Morgan fingerprint density at radius 1 is 0.603 bits per heavy atom. The molecule has 19 nitrogen and oxygen atoms in total. The summed E-state index contributed by atoms with van der Waals surface area (Å²) in [6, 6.07) is 0. The highest BCUT2D eigenvalue weighted by atomic mass is 127. The summed E-state index contributed by atoms with van der Waals surface area (Å²) in [4.78, 5) is 69.4. The van der Waals surface area contributed by atoms with E-state index in [0.29, 0.717) is 9.13 Å². The molecule has 1 aliphatic rings. The van der Waals surface area contributed by atoms with Gasteiger partial charge in [0.25, 0.3) is 23.6 Å². The number of carbonyl (C=O) groups is 5. The van der Waals surface area contributed by atoms with E-state index in [1.165, 1.54) is 11.8 Å². The van der Waals surface area contributed by atoms with Gasteiger partial charge in [0.15, 0.2) is 0 Å². The smallest absolute Gasteiger partial charge is 0.256 e. The van der Waals surface area contributed by atoms with Crippen molar-refractivity contribution in [3.63, 3.8) is 0 Å². The lowest BCUT2D eigenvalue weighted by Gasteiger charge is -2.34. The van der Waals surface area contributed by atoms with Crippen LogP contribution < -0.4 is 30.9 Å². The minimum Gasteiger partial charge on any atom is -0.487 e. The topological polar surface area (TPSA) is 308 Å². The molecule has 3 rings (SSSR count). The van der Waals surface area contributed by atoms with Gasteiger partial charge in [0, 0.05) is 49.4 Å². The quantitative estimate of drug-likeness (QED) is 0.0736. The lowest BCUT2D eigenvalue weighted by Crippen LogP contribution is -2.43. The molecule has 5 amide bonds. The van der Waals surface area contributed by atoms with Gasteiger partial charge in [-0.1, -0.05) is 0 Å². The Morgan fingerprint density at radius 2 is 0.948 bits per heavy atom. The van der Waals surface area contributed by atoms with Crippen LogP contribution in [0.2, 0.25) is 0 Å². The molecule has 0 bridgehead atoms. The zero-order valence-electron chi connectivity index (χ0n) is 30.5. The van der Waals surface area contributed by atoms with Crippen molar-refractivity contribution in [2.75, 3.05) is 64.1 Å². The van der Waals surface area contributed by atoms with Crippen LogP contribution in [0, 0.1) is 17.9 Å². The summed E-state index contributed by atoms with van der Waals surface area (Å²) in [7, 11) is 0. The van der Waals surface area contributed by atoms with Crippen molar-refractivity contribution < 1.29 is 69.6 Å². The molecule has 0 aliphatic carbocycles. The third kappa shape index (κ3) is 12.7. The molecule has 0 spiro atoms. The number of carbonyl (C=O) groups excluding carboxylic acids is 5. The molecule has 5 atom stereocenters. The van der Waals surface area contributed by atoms with E-state index < -0.39 is 86.5 Å². The number of hydrogen-bond acceptors (Lipinski definition) is 14. The highest BCUT2D eigenvalue weighted by molar-refractivity contribution is 14.1. The van der Waals surface area contributed by atoms with Crippen LogP contribution in [0.5, 0.6) is 5.75 Å². The number of ether oxygens (including phenoxy) is 1. The summed E-state index contributed by atoms with van der Waals surface area (Å²) in [5.74, 6) is -3.28. The lowest BCUT2D eigenvalue weighted by molar-refractivity contribution is -0.116. The largest absolute Gasteiger partial charge is 0.487 e. The number of aliphatic hydroxyl groups is 8. The van der Waals surface area contributed by atoms with Crippen molar-refractivity contribution in [3.05, 3.63) is 45.7 Å². The Labute approximate surface area is 400 Å². The Hall–Kier alpha value is -1.08. The standard InChI is InChI=1S/C34H42I5N5O14/c1-13(49)44(29-27(38)21(32(55)41-5-15(51)10-46)25(36)22(28(29)39)33(56)42-6-16(52)11-47)8-18-2-3-19-24(35)20(31(54)40-4-14(50)9-45)26(37)23(30(19)58-18)34(57)43-7-17(53)12-48/h14-18,45-48,50-53H,2-12H2,1H3,(H,40,54)(H,41,55)(H,42,56)(H,43,57). The Balaban J connectivity index is 2.18. The van der Waals surface area contributed by atoms with Crippen LogP contribution in [0.25, 0.3) is 0 Å². The van der Waals surface area contributed by atoms with E-state index in [9.17, 15) is 64.8 Å². The number of benzene rings is 2. The molecule has 1 heterocycles. The number of rotatable bonds is 19. The van der Waals surface area contributed by atoms with Crippen LogP contribution in [0.15, 0.2) is 0 Å². The zero-order valence-corrected chi connectivity index (χ0v) is 41.3. The van der Waals surface area contributed by atoms with E-state index in [4.69, 9.17) is 4.74 Å². The van der Waals surface area contributed by atoms with Gasteiger partial charge in [-0.2, -0.15) is 0 Å². The fraction of sp³-hybridized carbons (Fsp3) is 0.500. The van der Waals surface area contributed by atoms with Crippen LogP contribution in [0.3, 0.4) is 0 Å². The number of nitrogens with one attached hydrogen (secondary N) is 4. The van der Waals surface area contributed by atoms with Crippen LogP contribution >= 0.6 is 113 Å². The number of fused-ring (bicyclic) bond motifs is 1. The van der Waals surface area contributed by atoms with Gasteiger partial charge in [0.2, 0.25) is 5.91 Å². The van der Waals surface area contributed by atoms with Gasteiger partial charge in [0.05, 0.1) is 92.5 Å². The van der Waals surface area contributed by atoms with Gasteiger partial charge in [-0.25, -0.2) is 0 Å². The van der Waals surface area contributed by atoms with E-state index in [2.05, 4.69) is 21.3 Å². The Kier molecular flexibility index (Phi) is 21.2. The molecule has 0 radical (unpaired) electrons. The molecule has 0 saturated carbocycles. The van der Waals surface area contributed by atoms with Gasteiger partial charge in [0.1, 0.15) is 11.9 Å². The summed E-state index contributed by atoms with van der Waals surface area (Å²) in [6.07, 6.45) is -5.43. The maximum atomic E-state index is 13.8. The van der Waals surface area contributed by atoms with E-state index in [0.717, 1.165) is 0 Å². The first-order valence-electron chi connectivity index (χ1n) is 17.3. The van der Waals surface area contributed by atoms with Gasteiger partial charge in [-0.3, -0.25) is 24.0 Å². The van der Waals surface area contributed by atoms with Crippen LogP contribution in [0.4, 0.5) is 5.69 Å². The van der Waals surface area contributed by atoms with Crippen molar-refractivity contribution in [2.24, 2.45) is 0 Å². The summed E-state index contributed by atoms with van der Waals surface area (Å²) in [5.41, 5.74) is 0.616. The lowest BCUT2D eigenvalue weighted by atomic mass is 9.95. The third-order valence-electron chi connectivity index (χ3n) is 8.50. The summed E-state index contributed by atoms with van der Waals surface area (Å²) in [6.45, 7) is -2.69. The first-order chi connectivity index (χ1) is 27.3. The second-order valence-corrected chi connectivity index (χ2v) is 18.2. The Bertz CT molecular complexity index is 1820. The fourth-order valence-corrected chi connectivity index (χ4v) is 12.7. The number of amides is 5. The number of hydrogen-bond donors (Lipinski definition) is 12. The predicted molar refractivity (Wildman–Crippen MR) is 249 cm³/mol. The monoisotopic (exact) mass is 1380 g/mol. The number of aliphatic hydroxyl groups excluding tert-OH is 8. The fourth-order valence-electron chi connectivity index (χ4n) is 5.46. The SMILES string of the molecule is CC(=O)N(CC1CCc2c(I)c(C(=O)NCC(O)CO)c(I)c(C(=O)NCC(O)CO)c2O1)c1c(I)c(C(=O)NCC(O)CO)c(I)c(C(=O)NCC(O)CO)c1I. The number of anilines is 1. The molecule has 58 heavy (non-hydrogen) atoms.